The second-order valence-electron chi connectivity index (χ2n) is 5.81. The Hall–Kier alpha value is -1.71. The molecule has 1 amide bonds. The molecule has 2 heterocycles. The summed E-state index contributed by atoms with van der Waals surface area (Å²) in [5, 5.41) is 3.31. The molecule has 6 nitrogen and oxygen atoms in total. The zero-order valence-corrected chi connectivity index (χ0v) is 16.8. The van der Waals surface area contributed by atoms with Crippen LogP contribution in [0.3, 0.4) is 0 Å². The van der Waals surface area contributed by atoms with Crippen LogP contribution in [0.15, 0.2) is 46.7 Å². The van der Waals surface area contributed by atoms with Crippen molar-refractivity contribution in [3.05, 3.63) is 57.9 Å². The Labute approximate surface area is 167 Å². The molecule has 1 aromatic carbocycles. The van der Waals surface area contributed by atoms with Crippen LogP contribution in [0.4, 0.5) is 0 Å². The van der Waals surface area contributed by atoms with Crippen LogP contribution in [0.25, 0.3) is 6.08 Å². The van der Waals surface area contributed by atoms with Gasteiger partial charge in [0.15, 0.2) is 0 Å². The highest BCUT2D eigenvalue weighted by Crippen LogP contribution is 2.25. The van der Waals surface area contributed by atoms with Gasteiger partial charge in [0.1, 0.15) is 4.21 Å². The van der Waals surface area contributed by atoms with Crippen LogP contribution in [0, 0.1) is 0 Å². The first-order chi connectivity index (χ1) is 13.0. The fourth-order valence-electron chi connectivity index (χ4n) is 2.51. The van der Waals surface area contributed by atoms with Crippen molar-refractivity contribution in [2.45, 2.75) is 10.8 Å². The average molecular weight is 427 g/mol. The van der Waals surface area contributed by atoms with E-state index in [2.05, 4.69) is 5.32 Å². The standard InChI is InChI=1S/C18H19ClN2O4S2/c19-16-4-2-1-3-14(16)5-7-17(22)20-13-15-6-8-18(26-15)27(23,24)21-9-11-25-12-10-21/h1-8H,9-13H2,(H,20,22)/b7-5+. The summed E-state index contributed by atoms with van der Waals surface area (Å²) in [6, 6.07) is 10.5. The van der Waals surface area contributed by atoms with Gasteiger partial charge in [0.25, 0.3) is 10.0 Å². The fraction of sp³-hybridized carbons (Fsp3) is 0.278. The number of carbonyl (C=O) groups is 1. The zero-order valence-electron chi connectivity index (χ0n) is 14.4. The molecule has 0 unspecified atom stereocenters. The summed E-state index contributed by atoms with van der Waals surface area (Å²) in [5.74, 6) is -0.277. The maximum atomic E-state index is 12.6. The van der Waals surface area contributed by atoms with E-state index in [0.29, 0.717) is 31.3 Å². The first-order valence-corrected chi connectivity index (χ1v) is 11.0. The Morgan fingerprint density at radius 3 is 2.70 bits per heavy atom. The van der Waals surface area contributed by atoms with Crippen molar-refractivity contribution < 1.29 is 17.9 Å². The molecule has 1 aliphatic heterocycles. The van der Waals surface area contributed by atoms with E-state index in [4.69, 9.17) is 16.3 Å². The largest absolute Gasteiger partial charge is 0.379 e. The molecule has 1 saturated heterocycles. The van der Waals surface area contributed by atoms with Gasteiger partial charge < -0.3 is 10.1 Å². The Morgan fingerprint density at radius 2 is 1.96 bits per heavy atom. The number of rotatable bonds is 6. The Morgan fingerprint density at radius 1 is 1.22 bits per heavy atom. The summed E-state index contributed by atoms with van der Waals surface area (Å²) in [5.41, 5.74) is 0.754. The van der Waals surface area contributed by atoms with E-state index in [0.717, 1.165) is 21.8 Å². The molecule has 3 rings (SSSR count). The van der Waals surface area contributed by atoms with Crippen molar-refractivity contribution in [1.82, 2.24) is 9.62 Å². The molecular weight excluding hydrogens is 408 g/mol. The average Bonchev–Trinajstić information content (AvgIpc) is 3.16. The summed E-state index contributed by atoms with van der Waals surface area (Å²) >= 11 is 7.20. The Bertz CT molecular complexity index is 934. The molecule has 1 N–H and O–H groups in total. The lowest BCUT2D eigenvalue weighted by atomic mass is 10.2. The van der Waals surface area contributed by atoms with Gasteiger partial charge in [-0.2, -0.15) is 4.31 Å². The number of sulfonamides is 1. The maximum absolute atomic E-state index is 12.6. The molecule has 0 atom stereocenters. The molecular formula is C18H19ClN2O4S2. The number of hydrogen-bond acceptors (Lipinski definition) is 5. The highest BCUT2D eigenvalue weighted by molar-refractivity contribution is 7.91. The lowest BCUT2D eigenvalue weighted by molar-refractivity contribution is -0.116. The van der Waals surface area contributed by atoms with Crippen LogP contribution in [-0.4, -0.2) is 44.9 Å². The smallest absolute Gasteiger partial charge is 0.252 e. The Kier molecular flexibility index (Phi) is 6.67. The lowest BCUT2D eigenvalue weighted by Gasteiger charge is -2.25. The molecule has 27 heavy (non-hydrogen) atoms. The number of nitrogens with one attached hydrogen (secondary N) is 1. The van der Waals surface area contributed by atoms with Crippen molar-refractivity contribution in [2.24, 2.45) is 0 Å². The van der Waals surface area contributed by atoms with Gasteiger partial charge in [-0.25, -0.2) is 8.42 Å². The number of halogens is 1. The Balaban J connectivity index is 1.58. The van der Waals surface area contributed by atoms with E-state index in [9.17, 15) is 13.2 Å². The summed E-state index contributed by atoms with van der Waals surface area (Å²) in [4.78, 5) is 12.7. The predicted molar refractivity (Wildman–Crippen MR) is 106 cm³/mol. The van der Waals surface area contributed by atoms with E-state index >= 15 is 0 Å². The topological polar surface area (TPSA) is 75.7 Å². The second-order valence-corrected chi connectivity index (χ2v) is 9.55. The van der Waals surface area contributed by atoms with Crippen molar-refractivity contribution in [3.63, 3.8) is 0 Å². The normalized spacial score (nSPS) is 15.9. The molecule has 2 aromatic rings. The van der Waals surface area contributed by atoms with Gasteiger partial charge in [-0.1, -0.05) is 29.8 Å². The molecule has 1 aromatic heterocycles. The van der Waals surface area contributed by atoms with Crippen LogP contribution in [0.1, 0.15) is 10.4 Å². The third kappa shape index (κ3) is 5.18. The van der Waals surface area contributed by atoms with E-state index < -0.39 is 10.0 Å². The SMILES string of the molecule is O=C(/C=C/c1ccccc1Cl)NCc1ccc(S(=O)(=O)N2CCOCC2)s1. The van der Waals surface area contributed by atoms with Gasteiger partial charge in [-0.15, -0.1) is 11.3 Å². The van der Waals surface area contributed by atoms with Crippen LogP contribution in [-0.2, 0) is 26.1 Å². The molecule has 1 aliphatic rings. The molecule has 0 aliphatic carbocycles. The van der Waals surface area contributed by atoms with Gasteiger partial charge in [-0.3, -0.25) is 4.79 Å². The maximum Gasteiger partial charge on any atom is 0.252 e. The van der Waals surface area contributed by atoms with Crippen LogP contribution in [0.5, 0.6) is 0 Å². The van der Waals surface area contributed by atoms with Gasteiger partial charge in [0, 0.05) is 29.1 Å². The third-order valence-electron chi connectivity index (χ3n) is 3.96. The summed E-state index contributed by atoms with van der Waals surface area (Å²) in [7, 11) is -3.50. The zero-order chi connectivity index (χ0) is 19.3. The number of thiophene rings is 1. The van der Waals surface area contributed by atoms with E-state index in [1.807, 2.05) is 18.2 Å². The molecule has 0 spiro atoms. The van der Waals surface area contributed by atoms with Crippen molar-refractivity contribution in [1.29, 1.82) is 0 Å². The first kappa shape index (κ1) is 20.0. The van der Waals surface area contributed by atoms with E-state index in [-0.39, 0.29) is 16.7 Å². The van der Waals surface area contributed by atoms with Gasteiger partial charge in [0.2, 0.25) is 5.91 Å². The summed E-state index contributed by atoms with van der Waals surface area (Å²) in [6.45, 7) is 1.80. The van der Waals surface area contributed by atoms with E-state index in [1.54, 1.807) is 24.3 Å². The molecule has 144 valence electrons. The van der Waals surface area contributed by atoms with Crippen molar-refractivity contribution in [3.8, 4) is 0 Å². The lowest BCUT2D eigenvalue weighted by Crippen LogP contribution is -2.40. The minimum Gasteiger partial charge on any atom is -0.379 e. The number of carbonyl (C=O) groups excluding carboxylic acids is 1. The minimum absolute atomic E-state index is 0.259. The van der Waals surface area contributed by atoms with Gasteiger partial charge >= 0.3 is 0 Å². The highest BCUT2D eigenvalue weighted by atomic mass is 35.5. The monoisotopic (exact) mass is 426 g/mol. The first-order valence-electron chi connectivity index (χ1n) is 8.34. The molecule has 0 saturated carbocycles. The molecule has 9 heteroatoms. The molecule has 0 radical (unpaired) electrons. The summed E-state index contributed by atoms with van der Waals surface area (Å²) < 4.78 is 32.1. The third-order valence-corrected chi connectivity index (χ3v) is 7.75. The van der Waals surface area contributed by atoms with Crippen LogP contribution in [0.2, 0.25) is 5.02 Å². The number of nitrogens with zero attached hydrogens (tertiary/aromatic N) is 1. The number of hydrogen-bond donors (Lipinski definition) is 1. The van der Waals surface area contributed by atoms with Crippen LogP contribution < -0.4 is 5.32 Å². The summed E-state index contributed by atoms with van der Waals surface area (Å²) in [6.07, 6.45) is 3.04. The molecule has 1 fully saturated rings. The fourth-order valence-corrected chi connectivity index (χ4v) is 5.57. The van der Waals surface area contributed by atoms with Crippen LogP contribution >= 0.6 is 22.9 Å². The van der Waals surface area contributed by atoms with Gasteiger partial charge in [-0.05, 0) is 29.8 Å². The number of benzene rings is 1. The second kappa shape index (κ2) is 8.99. The van der Waals surface area contributed by atoms with E-state index in [1.165, 1.54) is 10.4 Å². The minimum atomic E-state index is -3.50. The highest BCUT2D eigenvalue weighted by Gasteiger charge is 2.27. The number of morpholine rings is 1. The van der Waals surface area contributed by atoms with Crippen molar-refractivity contribution >= 4 is 44.9 Å². The quantitative estimate of drug-likeness (QED) is 0.720. The van der Waals surface area contributed by atoms with Crippen molar-refractivity contribution in [2.75, 3.05) is 26.3 Å². The number of ether oxygens (including phenoxy) is 1. The number of amides is 1. The van der Waals surface area contributed by atoms with Gasteiger partial charge in [0.05, 0.1) is 19.8 Å². The molecule has 0 bridgehead atoms. The predicted octanol–water partition coefficient (Wildman–Crippen LogP) is 2.75.